The maximum atomic E-state index is 12.8. The van der Waals surface area contributed by atoms with E-state index in [0.29, 0.717) is 12.2 Å². The Bertz CT molecular complexity index is 530. The van der Waals surface area contributed by atoms with Crippen molar-refractivity contribution in [2.24, 2.45) is 0 Å². The molecule has 6 heteroatoms. The fraction of sp³-hybridized carbons (Fsp3) is 0.615. The molecular formula is C13H21N3O2S. The average Bonchev–Trinajstić information content (AvgIpc) is 2.47. The van der Waals surface area contributed by atoms with E-state index >= 15 is 0 Å². The van der Waals surface area contributed by atoms with Crippen LogP contribution >= 0.6 is 0 Å². The minimum absolute atomic E-state index is 0.115. The summed E-state index contributed by atoms with van der Waals surface area (Å²) in [5.74, 6) is 0. The Labute approximate surface area is 115 Å². The van der Waals surface area contributed by atoms with Crippen LogP contribution in [0.5, 0.6) is 0 Å². The van der Waals surface area contributed by atoms with E-state index in [2.05, 4.69) is 10.3 Å². The normalized spacial score (nSPS) is 21.3. The average molecular weight is 283 g/mol. The molecule has 0 aromatic carbocycles. The number of nitrogens with one attached hydrogen (secondary N) is 1. The molecule has 1 aliphatic heterocycles. The number of piperidine rings is 1. The number of aromatic nitrogens is 1. The molecule has 106 valence electrons. The summed E-state index contributed by atoms with van der Waals surface area (Å²) in [5.41, 5.74) is 0.607. The van der Waals surface area contributed by atoms with E-state index in [0.717, 1.165) is 25.7 Å². The molecule has 0 spiro atoms. The molecule has 19 heavy (non-hydrogen) atoms. The SMILES string of the molecule is CCC1CCCCN1S(=O)(=O)c1cnccc1NC. The monoisotopic (exact) mass is 283 g/mol. The van der Waals surface area contributed by atoms with Crippen LogP contribution in [-0.4, -0.2) is 37.3 Å². The Balaban J connectivity index is 2.40. The Morgan fingerprint density at radius 2 is 2.26 bits per heavy atom. The molecule has 1 unspecified atom stereocenters. The van der Waals surface area contributed by atoms with Gasteiger partial charge in [-0.2, -0.15) is 4.31 Å². The maximum Gasteiger partial charge on any atom is 0.246 e. The molecule has 0 radical (unpaired) electrons. The van der Waals surface area contributed by atoms with Crippen molar-refractivity contribution in [3.8, 4) is 0 Å². The van der Waals surface area contributed by atoms with Gasteiger partial charge in [0.2, 0.25) is 10.0 Å². The highest BCUT2D eigenvalue weighted by Crippen LogP contribution is 2.29. The molecule has 1 aliphatic rings. The van der Waals surface area contributed by atoms with Gasteiger partial charge in [-0.1, -0.05) is 13.3 Å². The minimum atomic E-state index is -3.46. The Hall–Kier alpha value is -1.14. The molecule has 1 atom stereocenters. The third-order valence-electron chi connectivity index (χ3n) is 3.68. The fourth-order valence-corrected chi connectivity index (χ4v) is 4.53. The van der Waals surface area contributed by atoms with Crippen LogP contribution in [0.4, 0.5) is 5.69 Å². The number of rotatable bonds is 4. The molecule has 1 aromatic rings. The standard InChI is InChI=1S/C13H21N3O2S/c1-3-11-6-4-5-9-16(11)19(17,18)13-10-15-8-7-12(13)14-2/h7-8,10-11H,3-6,9H2,1-2H3,(H,14,15). The largest absolute Gasteiger partial charge is 0.387 e. The lowest BCUT2D eigenvalue weighted by Crippen LogP contribution is -2.43. The number of hydrogen-bond donors (Lipinski definition) is 1. The second-order valence-electron chi connectivity index (χ2n) is 4.80. The van der Waals surface area contributed by atoms with Crippen LogP contribution in [0, 0.1) is 0 Å². The van der Waals surface area contributed by atoms with Crippen molar-refractivity contribution in [3.63, 3.8) is 0 Å². The predicted molar refractivity (Wildman–Crippen MR) is 75.6 cm³/mol. The number of anilines is 1. The van der Waals surface area contributed by atoms with Crippen LogP contribution in [0.15, 0.2) is 23.4 Å². The summed E-state index contributed by atoms with van der Waals surface area (Å²) in [6.45, 7) is 2.65. The van der Waals surface area contributed by atoms with Crippen molar-refractivity contribution in [1.29, 1.82) is 0 Å². The van der Waals surface area contributed by atoms with E-state index in [-0.39, 0.29) is 10.9 Å². The topological polar surface area (TPSA) is 62.3 Å². The van der Waals surface area contributed by atoms with Gasteiger partial charge < -0.3 is 5.32 Å². The Morgan fingerprint density at radius 1 is 1.47 bits per heavy atom. The van der Waals surface area contributed by atoms with Gasteiger partial charge in [0.15, 0.2) is 0 Å². The van der Waals surface area contributed by atoms with Crippen LogP contribution in [-0.2, 0) is 10.0 Å². The third kappa shape index (κ3) is 2.74. The van der Waals surface area contributed by atoms with Crippen molar-refractivity contribution in [2.45, 2.75) is 43.5 Å². The van der Waals surface area contributed by atoms with Crippen molar-refractivity contribution in [3.05, 3.63) is 18.5 Å². The van der Waals surface area contributed by atoms with Gasteiger partial charge in [0.05, 0.1) is 5.69 Å². The Morgan fingerprint density at radius 3 is 2.95 bits per heavy atom. The molecule has 1 saturated heterocycles. The van der Waals surface area contributed by atoms with Crippen LogP contribution < -0.4 is 5.32 Å². The molecule has 0 saturated carbocycles. The molecule has 1 fully saturated rings. The predicted octanol–water partition coefficient (Wildman–Crippen LogP) is 2.08. The van der Waals surface area contributed by atoms with E-state index in [4.69, 9.17) is 0 Å². The lowest BCUT2D eigenvalue weighted by molar-refractivity contribution is 0.246. The van der Waals surface area contributed by atoms with E-state index < -0.39 is 10.0 Å². The zero-order valence-electron chi connectivity index (χ0n) is 11.5. The van der Waals surface area contributed by atoms with Crippen molar-refractivity contribution < 1.29 is 8.42 Å². The van der Waals surface area contributed by atoms with Gasteiger partial charge in [-0.3, -0.25) is 4.98 Å². The van der Waals surface area contributed by atoms with Gasteiger partial charge in [0.1, 0.15) is 4.90 Å². The summed E-state index contributed by atoms with van der Waals surface area (Å²) in [7, 11) is -1.73. The van der Waals surface area contributed by atoms with Gasteiger partial charge in [0, 0.05) is 32.0 Å². The van der Waals surface area contributed by atoms with E-state index in [1.807, 2.05) is 6.92 Å². The summed E-state index contributed by atoms with van der Waals surface area (Å²) in [6.07, 6.45) is 6.88. The van der Waals surface area contributed by atoms with Crippen LogP contribution in [0.3, 0.4) is 0 Å². The molecule has 0 aliphatic carbocycles. The quantitative estimate of drug-likeness (QED) is 0.919. The number of nitrogens with zero attached hydrogens (tertiary/aromatic N) is 2. The summed E-state index contributed by atoms with van der Waals surface area (Å²) in [5, 5.41) is 2.93. The summed E-state index contributed by atoms with van der Waals surface area (Å²) >= 11 is 0. The first-order valence-corrected chi connectivity index (χ1v) is 8.19. The van der Waals surface area contributed by atoms with E-state index in [1.54, 1.807) is 23.6 Å². The first kappa shape index (κ1) is 14.3. The van der Waals surface area contributed by atoms with Crippen LogP contribution in [0.25, 0.3) is 0 Å². The highest BCUT2D eigenvalue weighted by atomic mass is 32.2. The summed E-state index contributed by atoms with van der Waals surface area (Å²) in [6, 6.07) is 1.81. The smallest absolute Gasteiger partial charge is 0.246 e. The van der Waals surface area contributed by atoms with Crippen molar-refractivity contribution in [1.82, 2.24) is 9.29 Å². The highest BCUT2D eigenvalue weighted by Gasteiger charge is 2.33. The molecule has 1 aromatic heterocycles. The molecule has 2 heterocycles. The van der Waals surface area contributed by atoms with E-state index in [9.17, 15) is 8.42 Å². The van der Waals surface area contributed by atoms with Gasteiger partial charge >= 0.3 is 0 Å². The summed E-state index contributed by atoms with van der Waals surface area (Å²) in [4.78, 5) is 4.24. The number of hydrogen-bond acceptors (Lipinski definition) is 4. The molecule has 0 bridgehead atoms. The number of sulfonamides is 1. The number of pyridine rings is 1. The van der Waals surface area contributed by atoms with Crippen LogP contribution in [0.2, 0.25) is 0 Å². The van der Waals surface area contributed by atoms with Gasteiger partial charge in [-0.05, 0) is 25.3 Å². The molecule has 0 amide bonds. The minimum Gasteiger partial charge on any atom is -0.387 e. The summed E-state index contributed by atoms with van der Waals surface area (Å²) < 4.78 is 27.2. The first-order chi connectivity index (χ1) is 9.11. The van der Waals surface area contributed by atoms with Crippen molar-refractivity contribution >= 4 is 15.7 Å². The molecule has 2 rings (SSSR count). The fourth-order valence-electron chi connectivity index (χ4n) is 2.62. The third-order valence-corrected chi connectivity index (χ3v) is 5.66. The van der Waals surface area contributed by atoms with Gasteiger partial charge in [-0.25, -0.2) is 8.42 Å². The highest BCUT2D eigenvalue weighted by molar-refractivity contribution is 7.89. The lowest BCUT2D eigenvalue weighted by Gasteiger charge is -2.34. The zero-order chi connectivity index (χ0) is 13.9. The van der Waals surface area contributed by atoms with Gasteiger partial charge in [0.25, 0.3) is 0 Å². The molecule has 5 nitrogen and oxygen atoms in total. The second kappa shape index (κ2) is 5.88. The zero-order valence-corrected chi connectivity index (χ0v) is 12.3. The second-order valence-corrected chi connectivity index (χ2v) is 6.65. The molecule has 1 N–H and O–H groups in total. The first-order valence-electron chi connectivity index (χ1n) is 6.75. The van der Waals surface area contributed by atoms with Crippen LogP contribution in [0.1, 0.15) is 32.6 Å². The Kier molecular flexibility index (Phi) is 4.42. The van der Waals surface area contributed by atoms with E-state index in [1.165, 1.54) is 6.20 Å². The lowest BCUT2D eigenvalue weighted by atomic mass is 10.0. The van der Waals surface area contributed by atoms with Crippen molar-refractivity contribution in [2.75, 3.05) is 18.9 Å². The molecular weight excluding hydrogens is 262 g/mol. The van der Waals surface area contributed by atoms with Gasteiger partial charge in [-0.15, -0.1) is 0 Å². The maximum absolute atomic E-state index is 12.8.